The van der Waals surface area contributed by atoms with Gasteiger partial charge >= 0.3 is 5.97 Å². The van der Waals surface area contributed by atoms with E-state index >= 15 is 0 Å². The molecule has 2 N–H and O–H groups in total. The van der Waals surface area contributed by atoms with E-state index in [4.69, 9.17) is 5.11 Å². The minimum atomic E-state index is -1.01. The lowest BCUT2D eigenvalue weighted by Crippen LogP contribution is -2.33. The average molecular weight is 274 g/mol. The van der Waals surface area contributed by atoms with E-state index in [1.54, 1.807) is 25.1 Å². The molecule has 0 atom stereocenters. The van der Waals surface area contributed by atoms with Crippen LogP contribution in [-0.2, 0) is 4.79 Å². The molecule has 1 heterocycles. The predicted molar refractivity (Wildman–Crippen MR) is 73.8 cm³/mol. The van der Waals surface area contributed by atoms with Crippen LogP contribution in [0.5, 0.6) is 0 Å². The van der Waals surface area contributed by atoms with Crippen LogP contribution in [0.4, 0.5) is 5.82 Å². The van der Waals surface area contributed by atoms with E-state index in [0.29, 0.717) is 16.7 Å². The summed E-state index contributed by atoms with van der Waals surface area (Å²) in [6.07, 6.45) is 1.35. The van der Waals surface area contributed by atoms with Crippen molar-refractivity contribution in [2.24, 2.45) is 0 Å². The smallest absolute Gasteiger partial charge is 0.335 e. The molecular weight excluding hydrogens is 260 g/mol. The molecule has 1 aromatic carbocycles. The summed E-state index contributed by atoms with van der Waals surface area (Å²) < 4.78 is 0. The number of hydrogen-bond acceptors (Lipinski definition) is 5. The van der Waals surface area contributed by atoms with E-state index in [-0.39, 0.29) is 18.0 Å². The highest BCUT2D eigenvalue weighted by Gasteiger charge is 2.13. The Morgan fingerprint density at radius 3 is 2.75 bits per heavy atom. The second kappa shape index (κ2) is 5.52. The van der Waals surface area contributed by atoms with Gasteiger partial charge in [0.05, 0.1) is 17.6 Å². The molecule has 0 saturated carbocycles. The number of fused-ring (bicyclic) bond motifs is 1. The Kier molecular flexibility index (Phi) is 3.79. The van der Waals surface area contributed by atoms with E-state index in [1.807, 2.05) is 0 Å². The van der Waals surface area contributed by atoms with Crippen molar-refractivity contribution in [2.45, 2.75) is 0 Å². The van der Waals surface area contributed by atoms with Gasteiger partial charge in [-0.25, -0.2) is 14.8 Å². The summed E-state index contributed by atoms with van der Waals surface area (Å²) in [4.78, 5) is 32.2. The molecule has 0 aliphatic carbocycles. The molecule has 0 saturated heterocycles. The van der Waals surface area contributed by atoms with Crippen LogP contribution in [0.15, 0.2) is 24.5 Å². The quantitative estimate of drug-likeness (QED) is 0.843. The van der Waals surface area contributed by atoms with E-state index in [9.17, 15) is 9.59 Å². The Bertz CT molecular complexity index is 672. The highest BCUT2D eigenvalue weighted by molar-refractivity contribution is 5.97. The predicted octanol–water partition coefficient (Wildman–Crippen LogP) is 0.510. The molecule has 20 heavy (non-hydrogen) atoms. The Balaban J connectivity index is 2.44. The van der Waals surface area contributed by atoms with E-state index in [2.05, 4.69) is 15.3 Å². The molecule has 0 bridgehead atoms. The molecule has 0 unspecified atom stereocenters. The fourth-order valence-corrected chi connectivity index (χ4v) is 1.85. The highest BCUT2D eigenvalue weighted by atomic mass is 16.4. The number of benzene rings is 1. The summed E-state index contributed by atoms with van der Waals surface area (Å²) >= 11 is 0. The zero-order valence-corrected chi connectivity index (χ0v) is 11.1. The van der Waals surface area contributed by atoms with Gasteiger partial charge in [-0.1, -0.05) is 0 Å². The van der Waals surface area contributed by atoms with Gasteiger partial charge < -0.3 is 15.3 Å². The van der Waals surface area contributed by atoms with Crippen molar-refractivity contribution >= 4 is 28.6 Å². The van der Waals surface area contributed by atoms with E-state index in [1.165, 1.54) is 18.5 Å². The van der Waals surface area contributed by atoms with Gasteiger partial charge in [0.15, 0.2) is 0 Å². The number of hydrogen-bond donors (Lipinski definition) is 2. The minimum absolute atomic E-state index is 0.138. The van der Waals surface area contributed by atoms with Crippen LogP contribution in [-0.4, -0.2) is 47.6 Å². The van der Waals surface area contributed by atoms with Crippen LogP contribution in [0, 0.1) is 0 Å². The van der Waals surface area contributed by atoms with Gasteiger partial charge in [0.25, 0.3) is 0 Å². The van der Waals surface area contributed by atoms with Crippen LogP contribution >= 0.6 is 0 Å². The first-order valence-corrected chi connectivity index (χ1v) is 5.92. The molecule has 0 aliphatic rings. The van der Waals surface area contributed by atoms with Crippen LogP contribution in [0.2, 0.25) is 0 Å². The van der Waals surface area contributed by atoms with Gasteiger partial charge in [-0.3, -0.25) is 4.79 Å². The largest absolute Gasteiger partial charge is 0.478 e. The Morgan fingerprint density at radius 2 is 2.10 bits per heavy atom. The van der Waals surface area contributed by atoms with Crippen LogP contribution in [0.1, 0.15) is 10.4 Å². The first-order chi connectivity index (χ1) is 9.52. The number of anilines is 1. The van der Waals surface area contributed by atoms with Crippen molar-refractivity contribution in [3.05, 3.63) is 30.1 Å². The van der Waals surface area contributed by atoms with Gasteiger partial charge in [-0.15, -0.1) is 0 Å². The minimum Gasteiger partial charge on any atom is -0.478 e. The number of aromatic carboxylic acids is 1. The maximum atomic E-state index is 11.4. The number of aromatic nitrogens is 2. The molecule has 7 nitrogen and oxygen atoms in total. The number of carboxylic acid groups (broad SMARTS) is 1. The van der Waals surface area contributed by atoms with E-state index < -0.39 is 5.97 Å². The van der Waals surface area contributed by atoms with Gasteiger partial charge in [-0.2, -0.15) is 0 Å². The number of nitrogens with zero attached hydrogens (tertiary/aromatic N) is 3. The molecule has 1 aromatic heterocycles. The van der Waals surface area contributed by atoms with Gasteiger partial charge in [0, 0.05) is 19.5 Å². The molecule has 2 rings (SSSR count). The number of rotatable bonds is 4. The van der Waals surface area contributed by atoms with Crippen molar-refractivity contribution in [2.75, 3.05) is 25.5 Å². The van der Waals surface area contributed by atoms with Crippen molar-refractivity contribution in [1.82, 2.24) is 15.3 Å². The lowest BCUT2D eigenvalue weighted by Gasteiger charge is -2.18. The molecule has 0 fully saturated rings. The van der Waals surface area contributed by atoms with Gasteiger partial charge in [0.1, 0.15) is 12.1 Å². The number of likely N-dealkylation sites (N-methyl/N-ethyl adjacent to an activating group) is 2. The normalized spacial score (nSPS) is 10.3. The van der Waals surface area contributed by atoms with Crippen LogP contribution in [0.3, 0.4) is 0 Å². The van der Waals surface area contributed by atoms with Crippen LogP contribution in [0.25, 0.3) is 10.9 Å². The third kappa shape index (κ3) is 2.66. The summed E-state index contributed by atoms with van der Waals surface area (Å²) in [5, 5.41) is 12.2. The van der Waals surface area contributed by atoms with Crippen molar-refractivity contribution in [1.29, 1.82) is 0 Å². The molecule has 7 heteroatoms. The number of amides is 1. The lowest BCUT2D eigenvalue weighted by atomic mass is 10.1. The summed E-state index contributed by atoms with van der Waals surface area (Å²) in [7, 11) is 3.30. The molecule has 0 spiro atoms. The SMILES string of the molecule is CNC(=O)CN(C)c1ncnc2cc(C(=O)O)ccc12. The number of nitrogens with one attached hydrogen (secondary N) is 1. The second-order valence-corrected chi connectivity index (χ2v) is 4.26. The molecule has 1 amide bonds. The fraction of sp³-hybridized carbons (Fsp3) is 0.231. The number of carbonyl (C=O) groups excluding carboxylic acids is 1. The fourth-order valence-electron chi connectivity index (χ4n) is 1.85. The average Bonchev–Trinajstić information content (AvgIpc) is 2.45. The Hall–Kier alpha value is -2.70. The zero-order chi connectivity index (χ0) is 14.7. The van der Waals surface area contributed by atoms with E-state index in [0.717, 1.165) is 0 Å². The zero-order valence-electron chi connectivity index (χ0n) is 11.1. The maximum absolute atomic E-state index is 11.4. The Morgan fingerprint density at radius 1 is 1.35 bits per heavy atom. The van der Waals surface area contributed by atoms with Crippen LogP contribution < -0.4 is 10.2 Å². The van der Waals surface area contributed by atoms with Crippen molar-refractivity contribution < 1.29 is 14.7 Å². The summed E-state index contributed by atoms with van der Waals surface area (Å²) in [5.74, 6) is -0.567. The monoisotopic (exact) mass is 274 g/mol. The van der Waals surface area contributed by atoms with Gasteiger partial charge in [-0.05, 0) is 18.2 Å². The molecule has 2 aromatic rings. The highest BCUT2D eigenvalue weighted by Crippen LogP contribution is 2.22. The third-order valence-electron chi connectivity index (χ3n) is 2.88. The third-order valence-corrected chi connectivity index (χ3v) is 2.88. The maximum Gasteiger partial charge on any atom is 0.335 e. The summed E-state index contributed by atoms with van der Waals surface area (Å²) in [6, 6.07) is 4.62. The molecule has 104 valence electrons. The molecule has 0 aliphatic heterocycles. The number of carboxylic acids is 1. The topological polar surface area (TPSA) is 95.4 Å². The summed E-state index contributed by atoms with van der Waals surface area (Å²) in [5.41, 5.74) is 0.690. The summed E-state index contributed by atoms with van der Waals surface area (Å²) in [6.45, 7) is 0.156. The van der Waals surface area contributed by atoms with Crippen molar-refractivity contribution in [3.63, 3.8) is 0 Å². The van der Waals surface area contributed by atoms with Crippen molar-refractivity contribution in [3.8, 4) is 0 Å². The first-order valence-electron chi connectivity index (χ1n) is 5.92. The molecular formula is C13H14N4O3. The second-order valence-electron chi connectivity index (χ2n) is 4.26. The van der Waals surface area contributed by atoms with Gasteiger partial charge in [0.2, 0.25) is 5.91 Å². The molecule has 0 radical (unpaired) electrons. The standard InChI is InChI=1S/C13H14N4O3/c1-14-11(18)6-17(2)12-9-4-3-8(13(19)20)5-10(9)15-7-16-12/h3-5,7H,6H2,1-2H3,(H,14,18)(H,19,20). The Labute approximate surface area is 115 Å². The first kappa shape index (κ1) is 13.7. The number of carbonyl (C=O) groups is 2. The lowest BCUT2D eigenvalue weighted by molar-refractivity contribution is -0.119.